The van der Waals surface area contributed by atoms with Gasteiger partial charge in [0.2, 0.25) is 17.7 Å². The molecule has 3 aromatic rings. The molecule has 0 bridgehead atoms. The van der Waals surface area contributed by atoms with E-state index < -0.39 is 100 Å². The van der Waals surface area contributed by atoms with Crippen molar-refractivity contribution in [2.75, 3.05) is 6.61 Å². The second kappa shape index (κ2) is 14.0. The minimum atomic E-state index is -2.58. The lowest BCUT2D eigenvalue weighted by Gasteiger charge is -2.31. The molecule has 0 spiro atoms. The van der Waals surface area contributed by atoms with Gasteiger partial charge in [0, 0.05) is 0 Å². The van der Waals surface area contributed by atoms with Gasteiger partial charge in [-0.05, 0) is 35.9 Å². The molecule has 0 amide bonds. The molecule has 3 aromatic carbocycles. The highest BCUT2D eigenvalue weighted by Gasteiger charge is 2.44. The Morgan fingerprint density at radius 2 is 1.16 bits per heavy atom. The smallest absolute Gasteiger partial charge is 0.339 e. The number of rotatable bonds is 12. The van der Waals surface area contributed by atoms with E-state index in [2.05, 4.69) is 0 Å². The van der Waals surface area contributed by atoms with Crippen LogP contribution in [-0.4, -0.2) is 100 Å². The Balaban J connectivity index is 2.08. The van der Waals surface area contributed by atoms with Crippen LogP contribution < -0.4 is 0 Å². The number of allylic oxidation sites excluding steroid dienone is 1. The number of ketones is 2. The van der Waals surface area contributed by atoms with Crippen molar-refractivity contribution in [2.45, 2.75) is 24.4 Å². The maximum Gasteiger partial charge on any atom is 0.339 e. The number of aliphatic hydroxyl groups is 3. The molecule has 0 unspecified atom stereocenters. The molecule has 0 aliphatic rings. The maximum atomic E-state index is 13.4. The average molecular weight is 615 g/mol. The highest BCUT2D eigenvalue weighted by atomic mass is 16.6. The summed E-state index contributed by atoms with van der Waals surface area (Å²) < 4.78 is 10.2. The van der Waals surface area contributed by atoms with E-state index in [0.29, 0.717) is 29.8 Å². The minimum Gasteiger partial charge on any atom is -0.504 e. The molecule has 15 heteroatoms. The van der Waals surface area contributed by atoms with Crippen LogP contribution >= 0.6 is 0 Å². The first-order valence-electron chi connectivity index (χ1n) is 12.4. The van der Waals surface area contributed by atoms with Crippen molar-refractivity contribution < 1.29 is 74.6 Å². The van der Waals surface area contributed by atoms with Crippen molar-refractivity contribution in [3.05, 3.63) is 77.4 Å². The first-order valence-corrected chi connectivity index (χ1v) is 12.4. The highest BCUT2D eigenvalue weighted by Crippen LogP contribution is 2.37. The molecular formula is C29H26O15. The van der Waals surface area contributed by atoms with Crippen LogP contribution in [0.25, 0.3) is 6.08 Å². The number of esters is 2. The summed E-state index contributed by atoms with van der Waals surface area (Å²) >= 11 is 0. The number of aliphatic hydroxyl groups excluding tert-OH is 3. The normalized spacial score (nSPS) is 13.9. The van der Waals surface area contributed by atoms with Crippen LogP contribution in [0.5, 0.6) is 34.5 Å². The molecule has 0 aliphatic carbocycles. The van der Waals surface area contributed by atoms with Gasteiger partial charge in [0.05, 0.1) is 17.7 Å². The number of benzene rings is 3. The van der Waals surface area contributed by atoms with Crippen molar-refractivity contribution in [1.29, 1.82) is 0 Å². The maximum absolute atomic E-state index is 13.4. The number of phenolic OH excluding ortho intramolecular Hbond substituents is 6. The van der Waals surface area contributed by atoms with Crippen LogP contribution in [0.15, 0.2) is 60.7 Å². The Morgan fingerprint density at radius 1 is 0.705 bits per heavy atom. The molecule has 0 saturated carbocycles. The van der Waals surface area contributed by atoms with Gasteiger partial charge in [-0.1, -0.05) is 36.4 Å². The molecule has 0 aromatic heterocycles. The van der Waals surface area contributed by atoms with Crippen LogP contribution in [-0.2, 0) is 19.1 Å². The van der Waals surface area contributed by atoms with Gasteiger partial charge in [0.1, 0.15) is 12.2 Å². The molecule has 15 nitrogen and oxygen atoms in total. The lowest BCUT2D eigenvalue weighted by molar-refractivity contribution is -0.154. The molecule has 232 valence electrons. The fourth-order valence-corrected chi connectivity index (χ4v) is 3.68. The second-order valence-corrected chi connectivity index (χ2v) is 9.14. The number of aromatic hydroxyl groups is 6. The van der Waals surface area contributed by atoms with E-state index in [1.165, 1.54) is 6.08 Å². The largest absolute Gasteiger partial charge is 0.504 e. The zero-order chi connectivity index (χ0) is 32.7. The number of phenols is 6. The molecule has 0 aliphatic heterocycles. The standard InChI is InChI=1S/C29H26O15/c30-12-21(36)25(40)27(44-29(42)15-10-19(34)23(38)20(35)11-15)26(24(39)16(31)7-6-13-4-2-1-3-5-13)43-28(41)14-8-17(32)22(37)18(33)9-14/h1-11,21,25-27,30,32-38,40H,12H2/t21-,25-,26+,27+/m1/s1. The van der Waals surface area contributed by atoms with Crippen LogP contribution in [0.3, 0.4) is 0 Å². The Labute approximate surface area is 247 Å². The fourth-order valence-electron chi connectivity index (χ4n) is 3.68. The van der Waals surface area contributed by atoms with Crippen LogP contribution in [0.4, 0.5) is 0 Å². The zero-order valence-corrected chi connectivity index (χ0v) is 22.3. The molecule has 3 rings (SSSR count). The first-order chi connectivity index (χ1) is 20.7. The number of ether oxygens (including phenoxy) is 2. The molecule has 0 saturated heterocycles. The summed E-state index contributed by atoms with van der Waals surface area (Å²) in [4.78, 5) is 52.2. The zero-order valence-electron chi connectivity index (χ0n) is 22.3. The molecule has 9 N–H and O–H groups in total. The van der Waals surface area contributed by atoms with Gasteiger partial charge < -0.3 is 55.4 Å². The predicted molar refractivity (Wildman–Crippen MR) is 146 cm³/mol. The summed E-state index contributed by atoms with van der Waals surface area (Å²) in [6.45, 7) is -1.19. The number of carbonyl (C=O) groups excluding carboxylic acids is 4. The van der Waals surface area contributed by atoms with Crippen LogP contribution in [0.2, 0.25) is 0 Å². The van der Waals surface area contributed by atoms with Crippen molar-refractivity contribution in [3.63, 3.8) is 0 Å². The minimum absolute atomic E-state index is 0.461. The lowest BCUT2D eigenvalue weighted by atomic mass is 9.97. The number of hydrogen-bond donors (Lipinski definition) is 9. The topological polar surface area (TPSA) is 269 Å². The van der Waals surface area contributed by atoms with Gasteiger partial charge in [-0.15, -0.1) is 0 Å². The third-order valence-electron chi connectivity index (χ3n) is 6.03. The summed E-state index contributed by atoms with van der Waals surface area (Å²) in [6, 6.07) is 10.5. The van der Waals surface area contributed by atoms with E-state index in [0.717, 1.165) is 6.08 Å². The summed E-state index contributed by atoms with van der Waals surface area (Å²) in [5.41, 5.74) is -0.920. The van der Waals surface area contributed by atoms with E-state index in [4.69, 9.17) is 9.47 Å². The third kappa shape index (κ3) is 7.60. The van der Waals surface area contributed by atoms with Gasteiger partial charge in [0.15, 0.2) is 40.6 Å². The van der Waals surface area contributed by atoms with Crippen molar-refractivity contribution >= 4 is 29.6 Å². The van der Waals surface area contributed by atoms with E-state index in [1.54, 1.807) is 30.3 Å². The van der Waals surface area contributed by atoms with Crippen LogP contribution in [0.1, 0.15) is 26.3 Å². The molecule has 4 atom stereocenters. The number of hydrogen-bond acceptors (Lipinski definition) is 15. The third-order valence-corrected chi connectivity index (χ3v) is 6.03. The number of carbonyl (C=O) groups is 4. The fraction of sp³-hybridized carbons (Fsp3) is 0.172. The van der Waals surface area contributed by atoms with Crippen molar-refractivity contribution in [2.24, 2.45) is 0 Å². The summed E-state index contributed by atoms with van der Waals surface area (Å²) in [5.74, 6) is -12.1. The van der Waals surface area contributed by atoms with E-state index in [1.807, 2.05) is 0 Å². The van der Waals surface area contributed by atoms with E-state index in [9.17, 15) is 65.1 Å². The predicted octanol–water partition coefficient (Wildman–Crippen LogP) is 0.237. The lowest BCUT2D eigenvalue weighted by Crippen LogP contribution is -2.53. The Morgan fingerprint density at radius 3 is 1.61 bits per heavy atom. The second-order valence-electron chi connectivity index (χ2n) is 9.14. The van der Waals surface area contributed by atoms with E-state index >= 15 is 0 Å². The van der Waals surface area contributed by atoms with Gasteiger partial charge in [0.25, 0.3) is 0 Å². The number of Topliss-reactive ketones (excluding diaryl/α,β-unsaturated/α-hetero) is 1. The SMILES string of the molecule is O=C(C=Cc1ccccc1)C(=O)[C@H](OC(=O)c1cc(O)c(O)c(O)c1)[C@@H](OC(=O)c1cc(O)c(O)c(O)c1)[C@H](O)[C@H](O)CO. The van der Waals surface area contributed by atoms with Crippen molar-refractivity contribution in [3.8, 4) is 34.5 Å². The Hall–Kier alpha value is -5.64. The molecule has 0 heterocycles. The highest BCUT2D eigenvalue weighted by molar-refractivity contribution is 6.44. The summed E-state index contributed by atoms with van der Waals surface area (Å²) in [5, 5.41) is 88.5. The van der Waals surface area contributed by atoms with Gasteiger partial charge in [-0.2, -0.15) is 0 Å². The summed E-state index contributed by atoms with van der Waals surface area (Å²) in [6.07, 6.45) is -7.67. The van der Waals surface area contributed by atoms with Crippen molar-refractivity contribution in [1.82, 2.24) is 0 Å². The van der Waals surface area contributed by atoms with Gasteiger partial charge in [-0.25, -0.2) is 9.59 Å². The Bertz CT molecular complexity index is 1530. The van der Waals surface area contributed by atoms with Gasteiger partial charge in [-0.3, -0.25) is 9.59 Å². The summed E-state index contributed by atoms with van der Waals surface area (Å²) in [7, 11) is 0. The molecule has 0 radical (unpaired) electrons. The Kier molecular flexibility index (Phi) is 10.5. The van der Waals surface area contributed by atoms with E-state index in [-0.39, 0.29) is 0 Å². The van der Waals surface area contributed by atoms with Gasteiger partial charge >= 0.3 is 11.9 Å². The molecule has 44 heavy (non-hydrogen) atoms. The average Bonchev–Trinajstić information content (AvgIpc) is 3.01. The van der Waals surface area contributed by atoms with Crippen LogP contribution in [0, 0.1) is 0 Å². The first kappa shape index (κ1) is 32.9. The molecular weight excluding hydrogens is 588 g/mol. The molecule has 0 fully saturated rings. The monoisotopic (exact) mass is 614 g/mol. The quantitative estimate of drug-likeness (QED) is 0.0572.